The molecule has 0 aliphatic heterocycles. The molecule has 31 heavy (non-hydrogen) atoms. The number of carbonyl (C=O) groups excluding carboxylic acids is 1. The Morgan fingerprint density at radius 3 is 2.10 bits per heavy atom. The van der Waals surface area contributed by atoms with E-state index in [9.17, 15) is 13.2 Å². The number of hydrogen-bond acceptors (Lipinski definition) is 3. The number of halogens is 4. The summed E-state index contributed by atoms with van der Waals surface area (Å²) in [5.74, 6) is -0.610. The fraction of sp³-hybridized carbons (Fsp3) is 0.0952. The molecule has 0 saturated heterocycles. The van der Waals surface area contributed by atoms with Gasteiger partial charge in [-0.25, -0.2) is 8.42 Å². The second-order valence-electron chi connectivity index (χ2n) is 6.55. The molecule has 3 aromatic carbocycles. The SMILES string of the molecule is O=C(Nc1cc(Cl)c(Cl)cc1Cl)[C@H](Cc1ccccc1)NS(=O)(=O)c1ccc(Cl)cc1. The Hall–Kier alpha value is -1.80. The molecule has 0 aromatic heterocycles. The van der Waals surface area contributed by atoms with Gasteiger partial charge < -0.3 is 5.32 Å². The number of anilines is 1. The zero-order chi connectivity index (χ0) is 22.6. The van der Waals surface area contributed by atoms with Crippen molar-refractivity contribution in [1.29, 1.82) is 0 Å². The lowest BCUT2D eigenvalue weighted by molar-refractivity contribution is -0.117. The lowest BCUT2D eigenvalue weighted by atomic mass is 10.1. The Kier molecular flexibility index (Phi) is 7.86. The van der Waals surface area contributed by atoms with Gasteiger partial charge in [0.15, 0.2) is 0 Å². The van der Waals surface area contributed by atoms with Gasteiger partial charge in [-0.15, -0.1) is 0 Å². The van der Waals surface area contributed by atoms with Crippen molar-refractivity contribution >= 4 is 68.0 Å². The Labute approximate surface area is 200 Å². The third-order valence-corrected chi connectivity index (χ3v) is 7.06. The number of nitrogens with one attached hydrogen (secondary N) is 2. The average Bonchev–Trinajstić information content (AvgIpc) is 2.72. The van der Waals surface area contributed by atoms with Gasteiger partial charge in [-0.05, 0) is 48.4 Å². The van der Waals surface area contributed by atoms with Crippen molar-refractivity contribution in [2.45, 2.75) is 17.4 Å². The third-order valence-electron chi connectivity index (χ3n) is 4.29. The first-order chi connectivity index (χ1) is 14.7. The highest BCUT2D eigenvalue weighted by Crippen LogP contribution is 2.32. The summed E-state index contributed by atoms with van der Waals surface area (Å²) in [6.07, 6.45) is 0.110. The van der Waals surface area contributed by atoms with Crippen LogP contribution in [0.4, 0.5) is 5.69 Å². The van der Waals surface area contributed by atoms with Gasteiger partial charge in [-0.3, -0.25) is 4.79 Å². The number of hydrogen-bond donors (Lipinski definition) is 2. The monoisotopic (exact) mass is 516 g/mol. The first kappa shape index (κ1) is 23.9. The van der Waals surface area contributed by atoms with E-state index in [2.05, 4.69) is 10.0 Å². The number of rotatable bonds is 7. The molecule has 1 atom stereocenters. The summed E-state index contributed by atoms with van der Waals surface area (Å²) in [5.41, 5.74) is 0.978. The van der Waals surface area contributed by atoms with Gasteiger partial charge in [0, 0.05) is 5.02 Å². The minimum Gasteiger partial charge on any atom is -0.323 e. The number of amides is 1. The van der Waals surface area contributed by atoms with E-state index in [-0.39, 0.29) is 32.1 Å². The summed E-state index contributed by atoms with van der Waals surface area (Å²) in [6.45, 7) is 0. The summed E-state index contributed by atoms with van der Waals surface area (Å²) in [7, 11) is -4.01. The fourth-order valence-corrected chi connectivity index (χ4v) is 4.66. The van der Waals surface area contributed by atoms with E-state index in [1.54, 1.807) is 24.3 Å². The Balaban J connectivity index is 1.89. The van der Waals surface area contributed by atoms with E-state index in [0.717, 1.165) is 5.56 Å². The lowest BCUT2D eigenvalue weighted by Gasteiger charge is -2.19. The summed E-state index contributed by atoms with van der Waals surface area (Å²) >= 11 is 23.9. The van der Waals surface area contributed by atoms with Crippen molar-refractivity contribution in [3.63, 3.8) is 0 Å². The van der Waals surface area contributed by atoms with E-state index in [1.165, 1.54) is 36.4 Å². The van der Waals surface area contributed by atoms with Gasteiger partial charge in [-0.1, -0.05) is 76.7 Å². The van der Waals surface area contributed by atoms with Crippen LogP contribution < -0.4 is 10.0 Å². The molecule has 0 spiro atoms. The average molecular weight is 518 g/mol. The molecule has 5 nitrogen and oxygen atoms in total. The summed E-state index contributed by atoms with van der Waals surface area (Å²) in [5, 5.41) is 3.61. The Morgan fingerprint density at radius 1 is 0.839 bits per heavy atom. The summed E-state index contributed by atoms with van der Waals surface area (Å²) in [4.78, 5) is 13.0. The standard InChI is InChI=1S/C21H16Cl4N2O3S/c22-14-6-8-15(9-7-14)31(29,30)27-20(10-13-4-2-1-3-5-13)21(28)26-19-12-17(24)16(23)11-18(19)25/h1-9,11-12,20,27H,10H2,(H,26,28)/t20-/m0/s1. The van der Waals surface area contributed by atoms with Crippen molar-refractivity contribution in [2.75, 3.05) is 5.32 Å². The molecule has 1 amide bonds. The molecular formula is C21H16Cl4N2O3S. The fourth-order valence-electron chi connectivity index (χ4n) is 2.74. The van der Waals surface area contributed by atoms with Gasteiger partial charge in [-0.2, -0.15) is 4.72 Å². The predicted molar refractivity (Wildman–Crippen MR) is 126 cm³/mol. The lowest BCUT2D eigenvalue weighted by Crippen LogP contribution is -2.45. The van der Waals surface area contributed by atoms with Crippen molar-refractivity contribution in [1.82, 2.24) is 4.72 Å². The van der Waals surface area contributed by atoms with Crippen LogP contribution in [0.25, 0.3) is 0 Å². The second kappa shape index (κ2) is 10.2. The van der Waals surface area contributed by atoms with Crippen LogP contribution in [-0.4, -0.2) is 20.4 Å². The van der Waals surface area contributed by atoms with Gasteiger partial charge in [0.25, 0.3) is 0 Å². The van der Waals surface area contributed by atoms with Crippen LogP contribution in [0.5, 0.6) is 0 Å². The van der Waals surface area contributed by atoms with Crippen LogP contribution in [0.15, 0.2) is 71.6 Å². The van der Waals surface area contributed by atoms with Crippen molar-refractivity contribution in [3.8, 4) is 0 Å². The van der Waals surface area contributed by atoms with E-state index in [1.807, 2.05) is 6.07 Å². The highest BCUT2D eigenvalue weighted by atomic mass is 35.5. The molecule has 10 heteroatoms. The largest absolute Gasteiger partial charge is 0.323 e. The summed E-state index contributed by atoms with van der Waals surface area (Å²) < 4.78 is 28.2. The van der Waals surface area contributed by atoms with Crippen LogP contribution in [0.2, 0.25) is 20.1 Å². The molecular weight excluding hydrogens is 502 g/mol. The van der Waals surface area contributed by atoms with Gasteiger partial charge in [0.05, 0.1) is 25.7 Å². The van der Waals surface area contributed by atoms with E-state index >= 15 is 0 Å². The maximum atomic E-state index is 13.0. The molecule has 0 saturated carbocycles. The topological polar surface area (TPSA) is 75.3 Å². The molecule has 3 aromatic rings. The molecule has 0 unspecified atom stereocenters. The molecule has 0 aliphatic rings. The van der Waals surface area contributed by atoms with Crippen LogP contribution in [0.3, 0.4) is 0 Å². The minimum absolute atomic E-state index is 0.0182. The normalized spacial score (nSPS) is 12.4. The quantitative estimate of drug-likeness (QED) is 0.387. The molecule has 0 fully saturated rings. The zero-order valence-electron chi connectivity index (χ0n) is 15.8. The van der Waals surface area contributed by atoms with Gasteiger partial charge >= 0.3 is 0 Å². The smallest absolute Gasteiger partial charge is 0.242 e. The number of carbonyl (C=O) groups is 1. The van der Waals surface area contributed by atoms with Crippen LogP contribution >= 0.6 is 46.4 Å². The molecule has 2 N–H and O–H groups in total. The minimum atomic E-state index is -4.01. The molecule has 3 rings (SSSR count). The number of sulfonamides is 1. The van der Waals surface area contributed by atoms with Crippen molar-refractivity contribution in [3.05, 3.63) is 92.4 Å². The van der Waals surface area contributed by atoms with Crippen molar-refractivity contribution in [2.24, 2.45) is 0 Å². The molecule has 0 aliphatic carbocycles. The third kappa shape index (κ3) is 6.35. The molecule has 0 bridgehead atoms. The van der Waals surface area contributed by atoms with Crippen molar-refractivity contribution < 1.29 is 13.2 Å². The Morgan fingerprint density at radius 2 is 1.45 bits per heavy atom. The highest BCUT2D eigenvalue weighted by molar-refractivity contribution is 7.89. The predicted octanol–water partition coefficient (Wildman–Crippen LogP) is 5.83. The highest BCUT2D eigenvalue weighted by Gasteiger charge is 2.27. The van der Waals surface area contributed by atoms with Crippen LogP contribution in [0, 0.1) is 0 Å². The number of benzene rings is 3. The second-order valence-corrected chi connectivity index (χ2v) is 9.92. The Bertz CT molecular complexity index is 1190. The van der Waals surface area contributed by atoms with Gasteiger partial charge in [0.1, 0.15) is 6.04 Å². The van der Waals surface area contributed by atoms with Crippen LogP contribution in [-0.2, 0) is 21.2 Å². The molecule has 162 valence electrons. The first-order valence-electron chi connectivity index (χ1n) is 8.93. The maximum absolute atomic E-state index is 13.0. The van der Waals surface area contributed by atoms with E-state index < -0.39 is 22.0 Å². The molecule has 0 heterocycles. The first-order valence-corrected chi connectivity index (χ1v) is 11.9. The molecule has 0 radical (unpaired) electrons. The van der Waals surface area contributed by atoms with Gasteiger partial charge in [0.2, 0.25) is 15.9 Å². The summed E-state index contributed by atoms with van der Waals surface area (Å²) in [6, 6.07) is 16.3. The van der Waals surface area contributed by atoms with E-state index in [0.29, 0.717) is 5.02 Å². The zero-order valence-corrected chi connectivity index (χ0v) is 19.6. The maximum Gasteiger partial charge on any atom is 0.242 e. The van der Waals surface area contributed by atoms with E-state index in [4.69, 9.17) is 46.4 Å². The van der Waals surface area contributed by atoms with Crippen LogP contribution in [0.1, 0.15) is 5.56 Å².